The summed E-state index contributed by atoms with van der Waals surface area (Å²) in [5, 5.41) is 0. The molecule has 2 saturated heterocycles. The van der Waals surface area contributed by atoms with Gasteiger partial charge in [-0.25, -0.2) is 0 Å². The topological polar surface area (TPSA) is 6.48 Å². The van der Waals surface area contributed by atoms with Crippen LogP contribution >= 0.6 is 0 Å². The van der Waals surface area contributed by atoms with Crippen LogP contribution in [0, 0.1) is 0 Å². The normalized spacial score (nSPS) is 29.9. The second-order valence-electron chi connectivity index (χ2n) is 4.56. The first-order chi connectivity index (χ1) is 6.90. The zero-order chi connectivity index (χ0) is 9.80. The SMILES string of the molecule is C=CCCN1CCCN2CCCC2C1. The van der Waals surface area contributed by atoms with Crippen molar-refractivity contribution in [3.05, 3.63) is 12.7 Å². The Morgan fingerprint density at radius 1 is 1.21 bits per heavy atom. The van der Waals surface area contributed by atoms with E-state index in [-0.39, 0.29) is 0 Å². The fraction of sp³-hybridized carbons (Fsp3) is 0.833. The Balaban J connectivity index is 1.85. The second kappa shape index (κ2) is 4.94. The third-order valence-electron chi connectivity index (χ3n) is 3.54. The van der Waals surface area contributed by atoms with E-state index in [1.54, 1.807) is 0 Å². The molecule has 0 amide bonds. The molecule has 0 N–H and O–H groups in total. The molecular formula is C12H22N2. The molecule has 0 aromatic rings. The average molecular weight is 194 g/mol. The van der Waals surface area contributed by atoms with Gasteiger partial charge >= 0.3 is 0 Å². The fourth-order valence-electron chi connectivity index (χ4n) is 2.76. The Morgan fingerprint density at radius 3 is 2.93 bits per heavy atom. The van der Waals surface area contributed by atoms with E-state index in [0.717, 1.165) is 12.5 Å². The zero-order valence-corrected chi connectivity index (χ0v) is 9.12. The molecule has 2 aliphatic heterocycles. The smallest absolute Gasteiger partial charge is 0.0223 e. The monoisotopic (exact) mass is 194 g/mol. The van der Waals surface area contributed by atoms with Gasteiger partial charge in [-0.15, -0.1) is 6.58 Å². The fourth-order valence-corrected chi connectivity index (χ4v) is 2.76. The first-order valence-electron chi connectivity index (χ1n) is 5.97. The van der Waals surface area contributed by atoms with Gasteiger partial charge in [-0.3, -0.25) is 4.90 Å². The van der Waals surface area contributed by atoms with Crippen LogP contribution < -0.4 is 0 Å². The quantitative estimate of drug-likeness (QED) is 0.631. The van der Waals surface area contributed by atoms with Crippen LogP contribution in [0.15, 0.2) is 12.7 Å². The molecule has 0 radical (unpaired) electrons. The molecule has 2 aliphatic rings. The van der Waals surface area contributed by atoms with Gasteiger partial charge in [0.2, 0.25) is 0 Å². The number of rotatable bonds is 3. The van der Waals surface area contributed by atoms with Gasteiger partial charge in [-0.2, -0.15) is 0 Å². The molecule has 0 bridgehead atoms. The van der Waals surface area contributed by atoms with Crippen molar-refractivity contribution in [2.45, 2.75) is 31.7 Å². The van der Waals surface area contributed by atoms with Gasteiger partial charge in [0.15, 0.2) is 0 Å². The highest BCUT2D eigenvalue weighted by Crippen LogP contribution is 2.21. The average Bonchev–Trinajstić information content (AvgIpc) is 2.54. The maximum Gasteiger partial charge on any atom is 0.0223 e. The van der Waals surface area contributed by atoms with Crippen molar-refractivity contribution in [2.24, 2.45) is 0 Å². The summed E-state index contributed by atoms with van der Waals surface area (Å²) in [7, 11) is 0. The van der Waals surface area contributed by atoms with Crippen molar-refractivity contribution in [2.75, 3.05) is 32.7 Å². The summed E-state index contributed by atoms with van der Waals surface area (Å²) in [5.41, 5.74) is 0. The molecule has 0 saturated carbocycles. The van der Waals surface area contributed by atoms with Crippen LogP contribution in [0.4, 0.5) is 0 Å². The summed E-state index contributed by atoms with van der Waals surface area (Å²) in [6, 6.07) is 0.863. The van der Waals surface area contributed by atoms with Crippen molar-refractivity contribution < 1.29 is 0 Å². The Bertz CT molecular complexity index is 191. The molecule has 80 valence electrons. The number of hydrogen-bond donors (Lipinski definition) is 0. The minimum absolute atomic E-state index is 0.863. The third-order valence-corrected chi connectivity index (χ3v) is 3.54. The molecular weight excluding hydrogens is 172 g/mol. The minimum Gasteiger partial charge on any atom is -0.301 e. The van der Waals surface area contributed by atoms with Gasteiger partial charge in [0.1, 0.15) is 0 Å². The standard InChI is InChI=1S/C12H22N2/c1-2-3-7-13-8-5-10-14-9-4-6-12(14)11-13/h2,12H,1,3-11H2. The maximum absolute atomic E-state index is 3.80. The van der Waals surface area contributed by atoms with Crippen molar-refractivity contribution in [3.63, 3.8) is 0 Å². The van der Waals surface area contributed by atoms with E-state index in [9.17, 15) is 0 Å². The summed E-state index contributed by atoms with van der Waals surface area (Å²) in [6.07, 6.45) is 7.38. The maximum atomic E-state index is 3.80. The first kappa shape index (κ1) is 10.2. The van der Waals surface area contributed by atoms with E-state index in [2.05, 4.69) is 16.4 Å². The van der Waals surface area contributed by atoms with Crippen molar-refractivity contribution in [1.29, 1.82) is 0 Å². The van der Waals surface area contributed by atoms with Gasteiger partial charge in [-0.05, 0) is 45.3 Å². The summed E-state index contributed by atoms with van der Waals surface area (Å²) >= 11 is 0. The molecule has 2 heterocycles. The summed E-state index contributed by atoms with van der Waals surface area (Å²) in [6.45, 7) is 10.3. The predicted octanol–water partition coefficient (Wildman–Crippen LogP) is 1.73. The van der Waals surface area contributed by atoms with E-state index in [4.69, 9.17) is 0 Å². The molecule has 0 spiro atoms. The molecule has 14 heavy (non-hydrogen) atoms. The van der Waals surface area contributed by atoms with Crippen LogP contribution in [0.25, 0.3) is 0 Å². The van der Waals surface area contributed by atoms with Crippen LogP contribution in [0.1, 0.15) is 25.7 Å². The van der Waals surface area contributed by atoms with Crippen molar-refractivity contribution in [1.82, 2.24) is 9.80 Å². The highest BCUT2D eigenvalue weighted by atomic mass is 15.3. The van der Waals surface area contributed by atoms with E-state index in [1.165, 1.54) is 52.0 Å². The lowest BCUT2D eigenvalue weighted by Crippen LogP contribution is -2.36. The Morgan fingerprint density at radius 2 is 2.07 bits per heavy atom. The van der Waals surface area contributed by atoms with Crippen molar-refractivity contribution >= 4 is 0 Å². The first-order valence-corrected chi connectivity index (χ1v) is 5.97. The number of fused-ring (bicyclic) bond motifs is 1. The summed E-state index contributed by atoms with van der Waals surface area (Å²) in [4.78, 5) is 5.31. The van der Waals surface area contributed by atoms with Crippen LogP contribution in [0.5, 0.6) is 0 Å². The molecule has 1 atom stereocenters. The minimum atomic E-state index is 0.863. The zero-order valence-electron chi connectivity index (χ0n) is 9.12. The predicted molar refractivity (Wildman–Crippen MR) is 60.5 cm³/mol. The summed E-state index contributed by atoms with van der Waals surface area (Å²) < 4.78 is 0. The van der Waals surface area contributed by atoms with Crippen molar-refractivity contribution in [3.8, 4) is 0 Å². The molecule has 2 nitrogen and oxygen atoms in total. The lowest BCUT2D eigenvalue weighted by Gasteiger charge is -2.25. The Hall–Kier alpha value is -0.340. The van der Waals surface area contributed by atoms with Crippen LogP contribution in [0.2, 0.25) is 0 Å². The second-order valence-corrected chi connectivity index (χ2v) is 4.56. The molecule has 2 fully saturated rings. The van der Waals surface area contributed by atoms with Gasteiger partial charge in [0, 0.05) is 19.1 Å². The lowest BCUT2D eigenvalue weighted by molar-refractivity contribution is 0.222. The van der Waals surface area contributed by atoms with Gasteiger partial charge in [0.25, 0.3) is 0 Å². The van der Waals surface area contributed by atoms with E-state index < -0.39 is 0 Å². The van der Waals surface area contributed by atoms with Gasteiger partial charge < -0.3 is 4.90 Å². The highest BCUT2D eigenvalue weighted by molar-refractivity contribution is 4.85. The van der Waals surface area contributed by atoms with Gasteiger partial charge in [0.05, 0.1) is 0 Å². The van der Waals surface area contributed by atoms with Crippen LogP contribution in [-0.4, -0.2) is 48.6 Å². The van der Waals surface area contributed by atoms with Crippen LogP contribution in [-0.2, 0) is 0 Å². The molecule has 1 unspecified atom stereocenters. The highest BCUT2D eigenvalue weighted by Gasteiger charge is 2.27. The van der Waals surface area contributed by atoms with E-state index >= 15 is 0 Å². The Kier molecular flexibility index (Phi) is 3.60. The third kappa shape index (κ3) is 2.37. The number of nitrogens with zero attached hydrogens (tertiary/aromatic N) is 2. The van der Waals surface area contributed by atoms with Gasteiger partial charge in [-0.1, -0.05) is 6.08 Å². The molecule has 0 aliphatic carbocycles. The van der Waals surface area contributed by atoms with E-state index in [1.807, 2.05) is 6.08 Å². The lowest BCUT2D eigenvalue weighted by atomic mass is 10.2. The van der Waals surface area contributed by atoms with Crippen LogP contribution in [0.3, 0.4) is 0 Å². The molecule has 0 aromatic heterocycles. The summed E-state index contributed by atoms with van der Waals surface area (Å²) in [5.74, 6) is 0. The number of hydrogen-bond acceptors (Lipinski definition) is 2. The molecule has 2 rings (SSSR count). The molecule has 2 heteroatoms. The van der Waals surface area contributed by atoms with E-state index in [0.29, 0.717) is 0 Å². The largest absolute Gasteiger partial charge is 0.301 e. The Labute approximate surface area is 87.6 Å². The molecule has 0 aromatic carbocycles.